The Morgan fingerprint density at radius 3 is 2.37 bits per heavy atom. The molecule has 220 valence electrons. The molecule has 12 heteroatoms. The number of aromatic nitrogens is 2. The quantitative estimate of drug-likeness (QED) is 0.470. The standard InChI is InChI=1S/C29H36N4O8/c1-4-21-22(41-25(35)11-10-23(34)31-14-12-19(13-15-31)26(36)30-3)16-24(40-21)32-17-18(2)27(37)33(29(32)39)28(38)20-8-6-5-7-9-20/h5-9,17,19,21-22,24H,4,10-16H2,1-3H3,(H,30,36)/t21-,22-,24-/m1/s1. The van der Waals surface area contributed by atoms with Gasteiger partial charge in [-0.3, -0.25) is 28.5 Å². The summed E-state index contributed by atoms with van der Waals surface area (Å²) in [6.45, 7) is 4.29. The number of hydrogen-bond acceptors (Lipinski definition) is 8. The number of carbonyl (C=O) groups excluding carboxylic acids is 4. The lowest BCUT2D eigenvalue weighted by molar-refractivity contribution is -0.153. The summed E-state index contributed by atoms with van der Waals surface area (Å²) in [5.41, 5.74) is -1.17. The first kappa shape index (κ1) is 29.9. The Morgan fingerprint density at radius 2 is 1.73 bits per heavy atom. The summed E-state index contributed by atoms with van der Waals surface area (Å²) in [4.78, 5) is 77.9. The Labute approximate surface area is 237 Å². The molecule has 0 aliphatic carbocycles. The number of nitrogens with zero attached hydrogens (tertiary/aromatic N) is 3. The normalized spacial score (nSPS) is 21.0. The minimum Gasteiger partial charge on any atom is -0.459 e. The Balaban J connectivity index is 1.39. The minimum atomic E-state index is -0.859. The highest BCUT2D eigenvalue weighted by Gasteiger charge is 2.39. The van der Waals surface area contributed by atoms with Gasteiger partial charge >= 0.3 is 11.7 Å². The van der Waals surface area contributed by atoms with Crippen LogP contribution in [0.1, 0.15) is 67.6 Å². The average Bonchev–Trinajstić information content (AvgIpc) is 3.40. The fourth-order valence-corrected chi connectivity index (χ4v) is 5.34. The first-order valence-electron chi connectivity index (χ1n) is 13.9. The van der Waals surface area contributed by atoms with E-state index in [-0.39, 0.29) is 48.1 Å². The number of benzene rings is 1. The van der Waals surface area contributed by atoms with E-state index < -0.39 is 41.6 Å². The first-order chi connectivity index (χ1) is 19.6. The van der Waals surface area contributed by atoms with Crippen LogP contribution in [0, 0.1) is 12.8 Å². The molecule has 2 aliphatic heterocycles. The molecule has 0 bridgehead atoms. The van der Waals surface area contributed by atoms with E-state index in [1.165, 1.54) is 29.8 Å². The molecule has 3 heterocycles. The topological polar surface area (TPSA) is 146 Å². The number of amides is 2. The Hall–Kier alpha value is -4.06. The number of nitrogens with one attached hydrogen (secondary N) is 1. The van der Waals surface area contributed by atoms with E-state index in [4.69, 9.17) is 9.47 Å². The second-order valence-corrected chi connectivity index (χ2v) is 10.4. The lowest BCUT2D eigenvalue weighted by Crippen LogP contribution is -2.45. The molecule has 0 radical (unpaired) electrons. The van der Waals surface area contributed by atoms with E-state index >= 15 is 0 Å². The summed E-state index contributed by atoms with van der Waals surface area (Å²) in [5.74, 6) is -1.60. The third-order valence-corrected chi connectivity index (χ3v) is 7.69. The molecule has 2 fully saturated rings. The van der Waals surface area contributed by atoms with Gasteiger partial charge in [-0.25, -0.2) is 4.79 Å². The fraction of sp³-hybridized carbons (Fsp3) is 0.517. The van der Waals surface area contributed by atoms with E-state index in [0.29, 0.717) is 36.9 Å². The van der Waals surface area contributed by atoms with Gasteiger partial charge in [-0.1, -0.05) is 25.1 Å². The zero-order chi connectivity index (χ0) is 29.7. The van der Waals surface area contributed by atoms with Crippen molar-refractivity contribution in [3.05, 3.63) is 68.5 Å². The summed E-state index contributed by atoms with van der Waals surface area (Å²) >= 11 is 0. The highest BCUT2D eigenvalue weighted by molar-refractivity contribution is 5.95. The van der Waals surface area contributed by atoms with Gasteiger partial charge in [-0.05, 0) is 38.3 Å². The smallest absolute Gasteiger partial charge is 0.340 e. The summed E-state index contributed by atoms with van der Waals surface area (Å²) < 4.78 is 13.5. The Morgan fingerprint density at radius 1 is 1.05 bits per heavy atom. The summed E-state index contributed by atoms with van der Waals surface area (Å²) in [7, 11) is 1.59. The highest BCUT2D eigenvalue weighted by atomic mass is 16.6. The van der Waals surface area contributed by atoms with Gasteiger partial charge in [0.05, 0.1) is 12.5 Å². The van der Waals surface area contributed by atoms with Crippen molar-refractivity contribution in [1.82, 2.24) is 19.4 Å². The number of rotatable bonds is 8. The number of esters is 1. The lowest BCUT2D eigenvalue weighted by atomic mass is 9.96. The molecular formula is C29H36N4O8. The molecule has 4 rings (SSSR count). The van der Waals surface area contributed by atoms with Gasteiger partial charge in [0.25, 0.3) is 11.5 Å². The zero-order valence-corrected chi connectivity index (χ0v) is 23.5. The van der Waals surface area contributed by atoms with Gasteiger partial charge in [0.1, 0.15) is 12.3 Å². The second-order valence-electron chi connectivity index (χ2n) is 10.4. The monoisotopic (exact) mass is 568 g/mol. The van der Waals surface area contributed by atoms with Crippen molar-refractivity contribution < 1.29 is 28.7 Å². The van der Waals surface area contributed by atoms with Gasteiger partial charge in [-0.15, -0.1) is 0 Å². The second kappa shape index (κ2) is 13.1. The van der Waals surface area contributed by atoms with Gasteiger partial charge in [0.15, 0.2) is 0 Å². The molecule has 41 heavy (non-hydrogen) atoms. The van der Waals surface area contributed by atoms with Crippen LogP contribution in [-0.4, -0.2) is 70.1 Å². The van der Waals surface area contributed by atoms with Crippen LogP contribution in [0.2, 0.25) is 0 Å². The third kappa shape index (κ3) is 6.64. The predicted octanol–water partition coefficient (Wildman–Crippen LogP) is 1.38. The van der Waals surface area contributed by atoms with E-state index in [2.05, 4.69) is 5.32 Å². The van der Waals surface area contributed by atoms with Crippen LogP contribution in [0.4, 0.5) is 0 Å². The van der Waals surface area contributed by atoms with Crippen molar-refractivity contribution >= 4 is 23.7 Å². The molecule has 3 atom stereocenters. The Bertz CT molecular complexity index is 1410. The number of piperidine rings is 1. The molecule has 2 saturated heterocycles. The maximum Gasteiger partial charge on any atom is 0.340 e. The number of likely N-dealkylation sites (tertiary alicyclic amines) is 1. The molecule has 1 aromatic heterocycles. The fourth-order valence-electron chi connectivity index (χ4n) is 5.34. The number of ether oxygens (including phenoxy) is 2. The molecule has 12 nitrogen and oxygen atoms in total. The van der Waals surface area contributed by atoms with E-state index in [1.807, 2.05) is 6.92 Å². The molecule has 0 saturated carbocycles. The van der Waals surface area contributed by atoms with Crippen LogP contribution in [-0.2, 0) is 23.9 Å². The van der Waals surface area contributed by atoms with Crippen LogP contribution < -0.4 is 16.6 Å². The molecule has 2 aliphatic rings. The van der Waals surface area contributed by atoms with Crippen LogP contribution in [0.5, 0.6) is 0 Å². The maximum atomic E-state index is 13.3. The largest absolute Gasteiger partial charge is 0.459 e. The predicted molar refractivity (Wildman–Crippen MR) is 147 cm³/mol. The van der Waals surface area contributed by atoms with Crippen LogP contribution in [0.25, 0.3) is 0 Å². The van der Waals surface area contributed by atoms with Crippen molar-refractivity contribution in [2.75, 3.05) is 20.1 Å². The minimum absolute atomic E-state index is 0.0114. The van der Waals surface area contributed by atoms with Gasteiger partial charge in [0.2, 0.25) is 11.8 Å². The molecule has 2 amide bonds. The summed E-state index contributed by atoms with van der Waals surface area (Å²) in [6, 6.07) is 8.04. The maximum absolute atomic E-state index is 13.3. The first-order valence-corrected chi connectivity index (χ1v) is 13.9. The molecule has 2 aromatic rings. The Kier molecular flexibility index (Phi) is 9.53. The van der Waals surface area contributed by atoms with E-state index in [9.17, 15) is 28.8 Å². The number of aryl methyl sites for hydroxylation is 1. The van der Waals surface area contributed by atoms with Crippen molar-refractivity contribution in [3.8, 4) is 0 Å². The van der Waals surface area contributed by atoms with Crippen molar-refractivity contribution in [3.63, 3.8) is 0 Å². The van der Waals surface area contributed by atoms with Gasteiger partial charge in [0, 0.05) is 56.2 Å². The lowest BCUT2D eigenvalue weighted by Gasteiger charge is -2.31. The van der Waals surface area contributed by atoms with Crippen molar-refractivity contribution in [2.24, 2.45) is 5.92 Å². The van der Waals surface area contributed by atoms with Crippen LogP contribution >= 0.6 is 0 Å². The van der Waals surface area contributed by atoms with Crippen molar-refractivity contribution in [2.45, 2.75) is 70.8 Å². The van der Waals surface area contributed by atoms with E-state index in [0.717, 1.165) is 0 Å². The molecule has 1 N–H and O–H groups in total. The van der Waals surface area contributed by atoms with Crippen LogP contribution in [0.3, 0.4) is 0 Å². The zero-order valence-electron chi connectivity index (χ0n) is 23.5. The number of carbonyl (C=O) groups is 4. The molecular weight excluding hydrogens is 532 g/mol. The van der Waals surface area contributed by atoms with Crippen molar-refractivity contribution in [1.29, 1.82) is 0 Å². The third-order valence-electron chi connectivity index (χ3n) is 7.69. The van der Waals surface area contributed by atoms with Gasteiger partial charge < -0.3 is 19.7 Å². The van der Waals surface area contributed by atoms with Crippen LogP contribution in [0.15, 0.2) is 46.1 Å². The molecule has 1 aromatic carbocycles. The van der Waals surface area contributed by atoms with Gasteiger partial charge in [-0.2, -0.15) is 4.57 Å². The molecule has 0 spiro atoms. The van der Waals surface area contributed by atoms with E-state index in [1.54, 1.807) is 30.1 Å². The SMILES string of the molecule is CC[C@H]1O[C@@H](n2cc(C)c(=O)n(C(=O)c3ccccc3)c2=O)C[C@H]1OC(=O)CCC(=O)N1CCC(C(=O)NC)CC1. The molecule has 0 unspecified atom stereocenters. The number of hydrogen-bond donors (Lipinski definition) is 1. The summed E-state index contributed by atoms with van der Waals surface area (Å²) in [6.07, 6.45) is 0.982. The highest BCUT2D eigenvalue weighted by Crippen LogP contribution is 2.32. The summed E-state index contributed by atoms with van der Waals surface area (Å²) in [5, 5.41) is 2.63. The average molecular weight is 569 g/mol.